The fraction of sp³-hybridized carbons (Fsp3) is 0.417. The molecule has 1 unspecified atom stereocenters. The summed E-state index contributed by atoms with van der Waals surface area (Å²) in [4.78, 5) is 27.6. The molecular formula is C12H15N3O4. The van der Waals surface area contributed by atoms with Gasteiger partial charge in [-0.25, -0.2) is 0 Å². The molecule has 3 N–H and O–H groups in total. The number of hydrogen-bond donors (Lipinski definition) is 2. The van der Waals surface area contributed by atoms with Crippen molar-refractivity contribution in [2.75, 3.05) is 24.6 Å². The molecule has 0 spiro atoms. The molecule has 1 aliphatic rings. The Kier molecular flexibility index (Phi) is 3.96. The second kappa shape index (κ2) is 5.66. The third-order valence-electron chi connectivity index (χ3n) is 2.90. The smallest absolute Gasteiger partial charge is 0.306 e. The van der Waals surface area contributed by atoms with Crippen molar-refractivity contribution in [2.24, 2.45) is 5.73 Å². The molecule has 1 fully saturated rings. The zero-order valence-corrected chi connectivity index (χ0v) is 10.3. The largest absolute Gasteiger partial charge is 0.481 e. The SMILES string of the molecule is NC(=O)c1cc(N2CCOC(CC(=O)O)C2)ccn1. The van der Waals surface area contributed by atoms with Gasteiger partial charge in [0.2, 0.25) is 0 Å². The first kappa shape index (κ1) is 13.3. The number of amides is 1. The summed E-state index contributed by atoms with van der Waals surface area (Å²) in [6, 6.07) is 3.36. The molecule has 1 saturated heterocycles. The van der Waals surface area contributed by atoms with Gasteiger partial charge < -0.3 is 20.5 Å². The summed E-state index contributed by atoms with van der Waals surface area (Å²) in [7, 11) is 0. The maximum atomic E-state index is 11.1. The number of morpholine rings is 1. The number of carboxylic acids is 1. The second-order valence-electron chi connectivity index (χ2n) is 4.30. The van der Waals surface area contributed by atoms with Crippen LogP contribution in [-0.2, 0) is 9.53 Å². The van der Waals surface area contributed by atoms with Crippen LogP contribution < -0.4 is 10.6 Å². The summed E-state index contributed by atoms with van der Waals surface area (Å²) >= 11 is 0. The fourth-order valence-corrected chi connectivity index (χ4v) is 2.02. The quantitative estimate of drug-likeness (QED) is 0.785. The van der Waals surface area contributed by atoms with Crippen molar-refractivity contribution in [3.63, 3.8) is 0 Å². The lowest BCUT2D eigenvalue weighted by Crippen LogP contribution is -2.43. The van der Waals surface area contributed by atoms with Crippen molar-refractivity contribution in [3.8, 4) is 0 Å². The van der Waals surface area contributed by atoms with Crippen molar-refractivity contribution in [2.45, 2.75) is 12.5 Å². The van der Waals surface area contributed by atoms with E-state index in [0.29, 0.717) is 19.7 Å². The highest BCUT2D eigenvalue weighted by Gasteiger charge is 2.23. The van der Waals surface area contributed by atoms with Crippen LogP contribution >= 0.6 is 0 Å². The molecular weight excluding hydrogens is 250 g/mol. The van der Waals surface area contributed by atoms with Crippen LogP contribution in [0.25, 0.3) is 0 Å². The lowest BCUT2D eigenvalue weighted by Gasteiger charge is -2.34. The van der Waals surface area contributed by atoms with Gasteiger partial charge in [-0.2, -0.15) is 0 Å². The molecule has 0 bridgehead atoms. The Morgan fingerprint density at radius 1 is 1.58 bits per heavy atom. The predicted octanol–water partition coefficient (Wildman–Crippen LogP) is -0.140. The third kappa shape index (κ3) is 3.41. The molecule has 1 aromatic heterocycles. The van der Waals surface area contributed by atoms with Gasteiger partial charge in [0.1, 0.15) is 5.69 Å². The number of rotatable bonds is 4. The Morgan fingerprint density at radius 3 is 3.05 bits per heavy atom. The van der Waals surface area contributed by atoms with Gasteiger partial charge in [0, 0.05) is 25.0 Å². The van der Waals surface area contributed by atoms with E-state index in [0.717, 1.165) is 5.69 Å². The highest BCUT2D eigenvalue weighted by molar-refractivity contribution is 5.91. The summed E-state index contributed by atoms with van der Waals surface area (Å²) in [6.07, 6.45) is 1.12. The summed E-state index contributed by atoms with van der Waals surface area (Å²) in [5.74, 6) is -1.48. The monoisotopic (exact) mass is 265 g/mol. The number of aliphatic carboxylic acids is 1. The fourth-order valence-electron chi connectivity index (χ4n) is 2.02. The van der Waals surface area contributed by atoms with Crippen LogP contribution in [0.2, 0.25) is 0 Å². The number of carbonyl (C=O) groups excluding carboxylic acids is 1. The molecule has 2 rings (SSSR count). The number of primary amides is 1. The minimum absolute atomic E-state index is 0.0374. The summed E-state index contributed by atoms with van der Waals surface area (Å²) in [5, 5.41) is 8.77. The van der Waals surface area contributed by atoms with Gasteiger partial charge in [-0.3, -0.25) is 14.6 Å². The standard InChI is InChI=1S/C12H15N3O4/c13-12(18)10-5-8(1-2-14-10)15-3-4-19-9(7-15)6-11(16)17/h1-2,5,9H,3-4,6-7H2,(H2,13,18)(H,16,17). The molecule has 102 valence electrons. The van der Waals surface area contributed by atoms with Gasteiger partial charge >= 0.3 is 5.97 Å². The van der Waals surface area contributed by atoms with Gasteiger partial charge in [0.15, 0.2) is 0 Å². The normalized spacial score (nSPS) is 19.2. The lowest BCUT2D eigenvalue weighted by atomic mass is 10.2. The molecule has 0 aliphatic carbocycles. The number of nitrogens with two attached hydrogens (primary N) is 1. The molecule has 1 aromatic rings. The zero-order valence-electron chi connectivity index (χ0n) is 10.3. The number of hydrogen-bond acceptors (Lipinski definition) is 5. The van der Waals surface area contributed by atoms with Crippen molar-refractivity contribution in [3.05, 3.63) is 24.0 Å². The zero-order chi connectivity index (χ0) is 13.8. The Hall–Kier alpha value is -2.15. The van der Waals surface area contributed by atoms with Crippen LogP contribution in [0.1, 0.15) is 16.9 Å². The van der Waals surface area contributed by atoms with E-state index < -0.39 is 11.9 Å². The van der Waals surface area contributed by atoms with E-state index in [2.05, 4.69) is 4.98 Å². The van der Waals surface area contributed by atoms with Crippen molar-refractivity contribution in [1.29, 1.82) is 0 Å². The third-order valence-corrected chi connectivity index (χ3v) is 2.90. The first-order valence-electron chi connectivity index (χ1n) is 5.90. The van der Waals surface area contributed by atoms with E-state index in [1.807, 2.05) is 4.90 Å². The molecule has 19 heavy (non-hydrogen) atoms. The van der Waals surface area contributed by atoms with Crippen LogP contribution in [0.3, 0.4) is 0 Å². The molecule has 1 atom stereocenters. The van der Waals surface area contributed by atoms with E-state index in [9.17, 15) is 9.59 Å². The van der Waals surface area contributed by atoms with Gasteiger partial charge in [-0.15, -0.1) is 0 Å². The molecule has 7 heteroatoms. The van der Waals surface area contributed by atoms with Crippen molar-refractivity contribution < 1.29 is 19.4 Å². The summed E-state index contributed by atoms with van der Waals surface area (Å²) in [5.41, 5.74) is 6.17. The lowest BCUT2D eigenvalue weighted by molar-refractivity contribution is -0.140. The van der Waals surface area contributed by atoms with Crippen LogP contribution in [0.15, 0.2) is 18.3 Å². The molecule has 0 aromatic carbocycles. The molecule has 7 nitrogen and oxygen atoms in total. The maximum Gasteiger partial charge on any atom is 0.306 e. The highest BCUT2D eigenvalue weighted by atomic mass is 16.5. The molecule has 1 amide bonds. The molecule has 0 saturated carbocycles. The average molecular weight is 265 g/mol. The van der Waals surface area contributed by atoms with Gasteiger partial charge in [0.25, 0.3) is 5.91 Å². The number of nitrogens with zero attached hydrogens (tertiary/aromatic N) is 2. The topological polar surface area (TPSA) is 106 Å². The number of carbonyl (C=O) groups is 2. The minimum atomic E-state index is -0.889. The van der Waals surface area contributed by atoms with Crippen LogP contribution in [0, 0.1) is 0 Å². The van der Waals surface area contributed by atoms with Gasteiger partial charge in [-0.1, -0.05) is 0 Å². The number of aromatic nitrogens is 1. The maximum absolute atomic E-state index is 11.1. The van der Waals surface area contributed by atoms with E-state index >= 15 is 0 Å². The van der Waals surface area contributed by atoms with E-state index in [1.54, 1.807) is 12.1 Å². The number of anilines is 1. The van der Waals surface area contributed by atoms with Crippen LogP contribution in [0.5, 0.6) is 0 Å². The Morgan fingerprint density at radius 2 is 2.37 bits per heavy atom. The predicted molar refractivity (Wildman–Crippen MR) is 67.0 cm³/mol. The Bertz CT molecular complexity index is 492. The molecule has 1 aliphatic heterocycles. The molecule has 2 heterocycles. The van der Waals surface area contributed by atoms with E-state index in [1.165, 1.54) is 6.20 Å². The number of ether oxygens (including phenoxy) is 1. The van der Waals surface area contributed by atoms with Crippen molar-refractivity contribution in [1.82, 2.24) is 4.98 Å². The van der Waals surface area contributed by atoms with Gasteiger partial charge in [-0.05, 0) is 12.1 Å². The van der Waals surface area contributed by atoms with Crippen LogP contribution in [-0.4, -0.2) is 47.8 Å². The highest BCUT2D eigenvalue weighted by Crippen LogP contribution is 2.19. The second-order valence-corrected chi connectivity index (χ2v) is 4.30. The van der Waals surface area contributed by atoms with E-state index in [-0.39, 0.29) is 18.2 Å². The molecule has 0 radical (unpaired) electrons. The first-order valence-corrected chi connectivity index (χ1v) is 5.90. The first-order chi connectivity index (χ1) is 9.06. The Labute approximate surface area is 110 Å². The minimum Gasteiger partial charge on any atom is -0.481 e. The summed E-state index contributed by atoms with van der Waals surface area (Å²) in [6.45, 7) is 1.55. The Balaban J connectivity index is 2.10. The van der Waals surface area contributed by atoms with Gasteiger partial charge in [0.05, 0.1) is 19.1 Å². The van der Waals surface area contributed by atoms with Crippen molar-refractivity contribution >= 4 is 17.6 Å². The number of carboxylic acid groups (broad SMARTS) is 1. The number of pyridine rings is 1. The average Bonchev–Trinajstić information content (AvgIpc) is 2.38. The van der Waals surface area contributed by atoms with E-state index in [4.69, 9.17) is 15.6 Å². The van der Waals surface area contributed by atoms with Crippen LogP contribution in [0.4, 0.5) is 5.69 Å². The summed E-state index contributed by atoms with van der Waals surface area (Å²) < 4.78 is 5.39.